The Morgan fingerprint density at radius 2 is 2.17 bits per heavy atom. The smallest absolute Gasteiger partial charge is 0.148 e. The van der Waals surface area contributed by atoms with E-state index >= 15 is 0 Å². The van der Waals surface area contributed by atoms with Crippen molar-refractivity contribution < 1.29 is 4.74 Å². The standard InChI is InChI=1S/C9H6Br2O/c1-2-6-12-8-5-3-4-7(10)9(8)11/h1,3-5H,6H2. The SMILES string of the molecule is C#CCOc1cccc(Br)c1Br. The van der Waals surface area contributed by atoms with Crippen LogP contribution in [-0.4, -0.2) is 6.61 Å². The van der Waals surface area contributed by atoms with Crippen molar-refractivity contribution >= 4 is 31.9 Å². The van der Waals surface area contributed by atoms with Crippen LogP contribution >= 0.6 is 31.9 Å². The van der Waals surface area contributed by atoms with Gasteiger partial charge in [0.2, 0.25) is 0 Å². The first-order chi connectivity index (χ1) is 5.75. The zero-order chi connectivity index (χ0) is 8.97. The summed E-state index contributed by atoms with van der Waals surface area (Å²) in [4.78, 5) is 0. The van der Waals surface area contributed by atoms with Crippen molar-refractivity contribution in [3.8, 4) is 18.1 Å². The second-order valence-corrected chi connectivity index (χ2v) is 3.69. The molecule has 0 aliphatic rings. The fraction of sp³-hybridized carbons (Fsp3) is 0.111. The largest absolute Gasteiger partial charge is 0.480 e. The Morgan fingerprint density at radius 1 is 1.42 bits per heavy atom. The Labute approximate surface area is 88.4 Å². The van der Waals surface area contributed by atoms with E-state index < -0.39 is 0 Å². The lowest BCUT2D eigenvalue weighted by Crippen LogP contribution is -1.93. The van der Waals surface area contributed by atoms with Crippen molar-refractivity contribution in [2.24, 2.45) is 0 Å². The average Bonchev–Trinajstić information content (AvgIpc) is 2.08. The van der Waals surface area contributed by atoms with E-state index in [-0.39, 0.29) is 6.61 Å². The summed E-state index contributed by atoms with van der Waals surface area (Å²) in [5.41, 5.74) is 0. The molecule has 0 aliphatic heterocycles. The molecule has 3 heteroatoms. The van der Waals surface area contributed by atoms with E-state index in [1.807, 2.05) is 18.2 Å². The van der Waals surface area contributed by atoms with Gasteiger partial charge in [-0.3, -0.25) is 0 Å². The highest BCUT2D eigenvalue weighted by molar-refractivity contribution is 9.13. The molecule has 0 amide bonds. The third-order valence-corrected chi connectivity index (χ3v) is 3.24. The minimum Gasteiger partial charge on any atom is -0.480 e. The van der Waals surface area contributed by atoms with Crippen LogP contribution in [0, 0.1) is 12.3 Å². The monoisotopic (exact) mass is 288 g/mol. The Balaban J connectivity index is 2.86. The number of benzene rings is 1. The molecule has 0 unspecified atom stereocenters. The van der Waals surface area contributed by atoms with Gasteiger partial charge >= 0.3 is 0 Å². The van der Waals surface area contributed by atoms with E-state index in [1.165, 1.54) is 0 Å². The normalized spacial score (nSPS) is 9.08. The van der Waals surface area contributed by atoms with Crippen LogP contribution in [0.1, 0.15) is 0 Å². The molecule has 1 aromatic rings. The number of terminal acetylenes is 1. The molecule has 1 rings (SSSR count). The van der Waals surface area contributed by atoms with Gasteiger partial charge < -0.3 is 4.74 Å². The highest BCUT2D eigenvalue weighted by Gasteiger charge is 2.02. The lowest BCUT2D eigenvalue weighted by atomic mass is 10.3. The summed E-state index contributed by atoms with van der Waals surface area (Å²) >= 11 is 6.73. The molecular weight excluding hydrogens is 284 g/mol. The molecule has 0 heterocycles. The maximum Gasteiger partial charge on any atom is 0.148 e. The van der Waals surface area contributed by atoms with Gasteiger partial charge in [0.05, 0.1) is 4.47 Å². The van der Waals surface area contributed by atoms with Gasteiger partial charge in [0, 0.05) is 4.47 Å². The molecule has 0 spiro atoms. The lowest BCUT2D eigenvalue weighted by Gasteiger charge is -2.05. The topological polar surface area (TPSA) is 9.23 Å². The van der Waals surface area contributed by atoms with Crippen LogP contribution in [-0.2, 0) is 0 Å². The van der Waals surface area contributed by atoms with Gasteiger partial charge in [-0.25, -0.2) is 0 Å². The van der Waals surface area contributed by atoms with Gasteiger partial charge in [-0.1, -0.05) is 12.0 Å². The number of ether oxygens (including phenoxy) is 1. The molecule has 0 aliphatic carbocycles. The second kappa shape index (κ2) is 4.54. The van der Waals surface area contributed by atoms with Crippen LogP contribution < -0.4 is 4.74 Å². The van der Waals surface area contributed by atoms with Crippen LogP contribution in [0.5, 0.6) is 5.75 Å². The summed E-state index contributed by atoms with van der Waals surface area (Å²) in [7, 11) is 0. The van der Waals surface area contributed by atoms with Crippen LogP contribution in [0.3, 0.4) is 0 Å². The minimum atomic E-state index is 0.287. The summed E-state index contributed by atoms with van der Waals surface area (Å²) < 4.78 is 7.10. The molecule has 1 aromatic carbocycles. The zero-order valence-electron chi connectivity index (χ0n) is 6.18. The minimum absolute atomic E-state index is 0.287. The quantitative estimate of drug-likeness (QED) is 0.760. The first-order valence-electron chi connectivity index (χ1n) is 3.26. The maximum atomic E-state index is 5.25. The Hall–Kier alpha value is -0.460. The zero-order valence-corrected chi connectivity index (χ0v) is 9.35. The first kappa shape index (κ1) is 9.63. The van der Waals surface area contributed by atoms with E-state index in [0.717, 1.165) is 14.7 Å². The molecule has 0 fully saturated rings. The third-order valence-electron chi connectivity index (χ3n) is 1.23. The van der Waals surface area contributed by atoms with E-state index in [1.54, 1.807) is 0 Å². The summed E-state index contributed by atoms with van der Waals surface area (Å²) in [6.07, 6.45) is 5.06. The Morgan fingerprint density at radius 3 is 2.83 bits per heavy atom. The van der Waals surface area contributed by atoms with E-state index in [2.05, 4.69) is 37.8 Å². The Kier molecular flexibility index (Phi) is 3.64. The third kappa shape index (κ3) is 2.26. The highest BCUT2D eigenvalue weighted by atomic mass is 79.9. The van der Waals surface area contributed by atoms with Gasteiger partial charge in [0.25, 0.3) is 0 Å². The van der Waals surface area contributed by atoms with Crippen molar-refractivity contribution in [2.45, 2.75) is 0 Å². The van der Waals surface area contributed by atoms with E-state index in [4.69, 9.17) is 11.2 Å². The summed E-state index contributed by atoms with van der Waals surface area (Å²) in [6.45, 7) is 0.287. The van der Waals surface area contributed by atoms with Crippen molar-refractivity contribution in [3.05, 3.63) is 27.1 Å². The molecule has 1 nitrogen and oxygen atoms in total. The molecule has 62 valence electrons. The van der Waals surface area contributed by atoms with Gasteiger partial charge in [-0.15, -0.1) is 6.42 Å². The number of hydrogen-bond acceptors (Lipinski definition) is 1. The van der Waals surface area contributed by atoms with Gasteiger partial charge in [-0.2, -0.15) is 0 Å². The number of halogens is 2. The van der Waals surface area contributed by atoms with Gasteiger partial charge in [0.1, 0.15) is 12.4 Å². The molecule has 0 N–H and O–H groups in total. The predicted molar refractivity (Wildman–Crippen MR) is 56.2 cm³/mol. The molecule has 0 saturated heterocycles. The highest BCUT2D eigenvalue weighted by Crippen LogP contribution is 2.31. The summed E-state index contributed by atoms with van der Waals surface area (Å²) in [5, 5.41) is 0. The molecule has 0 aromatic heterocycles. The molecular formula is C9H6Br2O. The number of rotatable bonds is 2. The van der Waals surface area contributed by atoms with Crippen LogP contribution in [0.4, 0.5) is 0 Å². The van der Waals surface area contributed by atoms with Crippen LogP contribution in [0.2, 0.25) is 0 Å². The number of hydrogen-bond donors (Lipinski definition) is 0. The molecule has 0 bridgehead atoms. The summed E-state index contributed by atoms with van der Waals surface area (Å²) in [5.74, 6) is 3.16. The fourth-order valence-corrected chi connectivity index (χ4v) is 1.44. The van der Waals surface area contributed by atoms with Crippen molar-refractivity contribution in [1.82, 2.24) is 0 Å². The molecule has 0 radical (unpaired) electrons. The molecule has 12 heavy (non-hydrogen) atoms. The molecule has 0 atom stereocenters. The van der Waals surface area contributed by atoms with Crippen molar-refractivity contribution in [2.75, 3.05) is 6.61 Å². The maximum absolute atomic E-state index is 5.25. The molecule has 0 saturated carbocycles. The van der Waals surface area contributed by atoms with Crippen LogP contribution in [0.25, 0.3) is 0 Å². The van der Waals surface area contributed by atoms with Crippen LogP contribution in [0.15, 0.2) is 27.1 Å². The van der Waals surface area contributed by atoms with Gasteiger partial charge in [0.15, 0.2) is 0 Å². The second-order valence-electron chi connectivity index (χ2n) is 2.04. The predicted octanol–water partition coefficient (Wildman–Crippen LogP) is 3.22. The first-order valence-corrected chi connectivity index (χ1v) is 4.84. The Bertz CT molecular complexity index is 315. The lowest BCUT2D eigenvalue weighted by molar-refractivity contribution is 0.368. The van der Waals surface area contributed by atoms with E-state index in [0.29, 0.717) is 0 Å². The van der Waals surface area contributed by atoms with E-state index in [9.17, 15) is 0 Å². The van der Waals surface area contributed by atoms with Crippen molar-refractivity contribution in [3.63, 3.8) is 0 Å². The summed E-state index contributed by atoms with van der Waals surface area (Å²) in [6, 6.07) is 5.67. The average molecular weight is 290 g/mol. The van der Waals surface area contributed by atoms with Gasteiger partial charge in [-0.05, 0) is 44.0 Å². The van der Waals surface area contributed by atoms with Crippen molar-refractivity contribution in [1.29, 1.82) is 0 Å². The fourth-order valence-electron chi connectivity index (χ4n) is 0.715.